The molecule has 0 aromatic heterocycles. The van der Waals surface area contributed by atoms with Gasteiger partial charge in [-0.3, -0.25) is 0 Å². The van der Waals surface area contributed by atoms with Crippen molar-refractivity contribution < 1.29 is 18.3 Å². The van der Waals surface area contributed by atoms with Crippen LogP contribution in [0.5, 0.6) is 0 Å². The summed E-state index contributed by atoms with van der Waals surface area (Å²) < 4.78 is 26.3. The summed E-state index contributed by atoms with van der Waals surface area (Å²) in [5, 5.41) is 11.0. The van der Waals surface area contributed by atoms with E-state index in [1.165, 1.54) is 12.1 Å². The SMILES string of the molecule is CC[C@H](C)[C@@H](NS(=O)(=O)c1ccc(C)cc1)C(=O)[O-]. The quantitative estimate of drug-likeness (QED) is 0.821. The van der Waals surface area contributed by atoms with E-state index >= 15 is 0 Å². The van der Waals surface area contributed by atoms with Crippen LogP contribution in [0.3, 0.4) is 0 Å². The molecule has 0 aliphatic rings. The molecule has 0 bridgehead atoms. The summed E-state index contributed by atoms with van der Waals surface area (Å²) in [7, 11) is -3.85. The molecule has 5 nitrogen and oxygen atoms in total. The van der Waals surface area contributed by atoms with Crippen LogP contribution in [0.2, 0.25) is 0 Å². The molecule has 0 amide bonds. The van der Waals surface area contributed by atoms with Crippen LogP contribution < -0.4 is 9.83 Å². The number of carbonyl (C=O) groups is 1. The molecule has 0 saturated carbocycles. The third-order valence-corrected chi connectivity index (χ3v) is 4.54. The van der Waals surface area contributed by atoms with Crippen LogP contribution >= 0.6 is 0 Å². The zero-order valence-electron chi connectivity index (χ0n) is 11.2. The van der Waals surface area contributed by atoms with Gasteiger partial charge in [-0.15, -0.1) is 0 Å². The van der Waals surface area contributed by atoms with Gasteiger partial charge in [-0.25, -0.2) is 13.1 Å². The van der Waals surface area contributed by atoms with Crippen LogP contribution in [0.4, 0.5) is 0 Å². The average molecular weight is 284 g/mol. The van der Waals surface area contributed by atoms with Gasteiger partial charge in [-0.05, 0) is 25.0 Å². The van der Waals surface area contributed by atoms with E-state index in [1.54, 1.807) is 26.0 Å². The summed E-state index contributed by atoms with van der Waals surface area (Å²) >= 11 is 0. The highest BCUT2D eigenvalue weighted by Gasteiger charge is 2.24. The van der Waals surface area contributed by atoms with Crippen LogP contribution in [0, 0.1) is 12.8 Å². The number of benzene rings is 1. The number of hydrogen-bond acceptors (Lipinski definition) is 4. The Balaban J connectivity index is 3.00. The first-order valence-electron chi connectivity index (χ1n) is 6.07. The highest BCUT2D eigenvalue weighted by Crippen LogP contribution is 2.14. The second-order valence-corrected chi connectivity index (χ2v) is 6.33. The number of rotatable bonds is 6. The van der Waals surface area contributed by atoms with E-state index in [1.807, 2.05) is 6.92 Å². The standard InChI is InChI=1S/C13H19NO4S/c1-4-10(3)12(13(15)16)14-19(17,18)11-7-5-9(2)6-8-11/h5-8,10,12,14H,4H2,1-3H3,(H,15,16)/p-1/t10-,12+/m0/s1. The monoisotopic (exact) mass is 284 g/mol. The summed E-state index contributed by atoms with van der Waals surface area (Å²) in [5.41, 5.74) is 0.928. The van der Waals surface area contributed by atoms with Gasteiger partial charge >= 0.3 is 0 Å². The van der Waals surface area contributed by atoms with Crippen molar-refractivity contribution in [1.82, 2.24) is 4.72 Å². The van der Waals surface area contributed by atoms with Crippen LogP contribution in [-0.4, -0.2) is 20.4 Å². The van der Waals surface area contributed by atoms with Gasteiger partial charge in [0.25, 0.3) is 0 Å². The lowest BCUT2D eigenvalue weighted by Crippen LogP contribution is -2.51. The largest absolute Gasteiger partial charge is 0.548 e. The molecule has 0 unspecified atom stereocenters. The number of carboxylic acid groups (broad SMARTS) is 1. The van der Waals surface area contributed by atoms with E-state index in [0.29, 0.717) is 6.42 Å². The molecule has 0 spiro atoms. The molecule has 0 saturated heterocycles. The van der Waals surface area contributed by atoms with Crippen molar-refractivity contribution in [1.29, 1.82) is 0 Å². The summed E-state index contributed by atoms with van der Waals surface area (Å²) in [4.78, 5) is 11.1. The Morgan fingerprint density at radius 3 is 2.26 bits per heavy atom. The minimum Gasteiger partial charge on any atom is -0.548 e. The first-order valence-corrected chi connectivity index (χ1v) is 7.56. The third kappa shape index (κ3) is 4.04. The van der Waals surface area contributed by atoms with E-state index < -0.39 is 22.0 Å². The van der Waals surface area contributed by atoms with Gasteiger partial charge in [0.2, 0.25) is 10.0 Å². The molecule has 1 aromatic carbocycles. The van der Waals surface area contributed by atoms with Gasteiger partial charge in [0, 0.05) is 0 Å². The van der Waals surface area contributed by atoms with Gasteiger partial charge in [0.15, 0.2) is 0 Å². The van der Waals surface area contributed by atoms with Gasteiger partial charge in [0.05, 0.1) is 16.9 Å². The molecule has 6 heteroatoms. The second kappa shape index (κ2) is 6.16. The number of aryl methyl sites for hydroxylation is 1. The maximum Gasteiger partial charge on any atom is 0.241 e. The van der Waals surface area contributed by atoms with Gasteiger partial charge in [-0.1, -0.05) is 38.0 Å². The van der Waals surface area contributed by atoms with Crippen molar-refractivity contribution in [2.75, 3.05) is 0 Å². The Morgan fingerprint density at radius 2 is 1.84 bits per heavy atom. The molecule has 19 heavy (non-hydrogen) atoms. The lowest BCUT2D eigenvalue weighted by molar-refractivity contribution is -0.309. The molecule has 0 aliphatic heterocycles. The number of carbonyl (C=O) groups excluding carboxylic acids is 1. The van der Waals surface area contributed by atoms with Gasteiger partial charge in [-0.2, -0.15) is 0 Å². The van der Waals surface area contributed by atoms with Crippen molar-refractivity contribution in [3.63, 3.8) is 0 Å². The number of sulfonamides is 1. The van der Waals surface area contributed by atoms with Crippen LogP contribution in [-0.2, 0) is 14.8 Å². The van der Waals surface area contributed by atoms with E-state index in [2.05, 4.69) is 4.72 Å². The summed E-state index contributed by atoms with van der Waals surface area (Å²) in [5.74, 6) is -1.75. The highest BCUT2D eigenvalue weighted by atomic mass is 32.2. The first kappa shape index (κ1) is 15.7. The van der Waals surface area contributed by atoms with Crippen LogP contribution in [0.25, 0.3) is 0 Å². The summed E-state index contributed by atoms with van der Waals surface area (Å²) in [6.07, 6.45) is 0.537. The minimum atomic E-state index is -3.85. The van der Waals surface area contributed by atoms with Crippen LogP contribution in [0.1, 0.15) is 25.8 Å². The van der Waals surface area contributed by atoms with Crippen molar-refractivity contribution >= 4 is 16.0 Å². The fourth-order valence-corrected chi connectivity index (χ4v) is 2.88. The lowest BCUT2D eigenvalue weighted by atomic mass is 10.0. The van der Waals surface area contributed by atoms with Crippen molar-refractivity contribution in [2.45, 2.75) is 38.1 Å². The normalized spacial score (nSPS) is 14.9. The predicted molar refractivity (Wildman–Crippen MR) is 69.8 cm³/mol. The lowest BCUT2D eigenvalue weighted by Gasteiger charge is -2.24. The molecule has 106 valence electrons. The molecule has 0 fully saturated rings. The topological polar surface area (TPSA) is 86.3 Å². The fraction of sp³-hybridized carbons (Fsp3) is 0.462. The molecule has 0 radical (unpaired) electrons. The molecule has 1 rings (SSSR count). The molecular weight excluding hydrogens is 266 g/mol. The number of hydrogen-bond donors (Lipinski definition) is 1. The first-order chi connectivity index (χ1) is 8.77. The average Bonchev–Trinajstić information content (AvgIpc) is 2.35. The molecule has 0 heterocycles. The van der Waals surface area contributed by atoms with E-state index in [-0.39, 0.29) is 10.8 Å². The highest BCUT2D eigenvalue weighted by molar-refractivity contribution is 7.89. The zero-order valence-corrected chi connectivity index (χ0v) is 12.0. The maximum absolute atomic E-state index is 12.1. The third-order valence-electron chi connectivity index (χ3n) is 3.08. The second-order valence-electron chi connectivity index (χ2n) is 4.62. The van der Waals surface area contributed by atoms with Crippen LogP contribution in [0.15, 0.2) is 29.2 Å². The molecule has 0 aliphatic carbocycles. The van der Waals surface area contributed by atoms with Gasteiger partial charge < -0.3 is 9.90 Å². The summed E-state index contributed by atoms with van der Waals surface area (Å²) in [6, 6.07) is 4.98. The Morgan fingerprint density at radius 1 is 1.32 bits per heavy atom. The molecular formula is C13H18NO4S-. The maximum atomic E-state index is 12.1. The minimum absolute atomic E-state index is 0.0488. The molecule has 1 aromatic rings. The Bertz CT molecular complexity index is 536. The Labute approximate surface area is 113 Å². The zero-order chi connectivity index (χ0) is 14.6. The number of aliphatic carboxylic acids is 1. The number of nitrogens with one attached hydrogen (secondary N) is 1. The fourth-order valence-electron chi connectivity index (χ4n) is 1.58. The summed E-state index contributed by atoms with van der Waals surface area (Å²) in [6.45, 7) is 5.30. The van der Waals surface area contributed by atoms with Gasteiger partial charge in [0.1, 0.15) is 0 Å². The van der Waals surface area contributed by atoms with Crippen molar-refractivity contribution in [3.8, 4) is 0 Å². The van der Waals surface area contributed by atoms with E-state index in [9.17, 15) is 18.3 Å². The molecule has 1 N–H and O–H groups in total. The molecule has 2 atom stereocenters. The Hall–Kier alpha value is -1.40. The van der Waals surface area contributed by atoms with Crippen molar-refractivity contribution in [3.05, 3.63) is 29.8 Å². The predicted octanol–water partition coefficient (Wildman–Crippen LogP) is 0.438. The Kier molecular flexibility index (Phi) is 5.08. The van der Waals surface area contributed by atoms with E-state index in [4.69, 9.17) is 0 Å². The van der Waals surface area contributed by atoms with E-state index in [0.717, 1.165) is 5.56 Å². The van der Waals surface area contributed by atoms with Crippen molar-refractivity contribution in [2.24, 2.45) is 5.92 Å². The smallest absolute Gasteiger partial charge is 0.241 e. The number of carboxylic acids is 1.